The Kier molecular flexibility index (Phi) is 4.93. The van der Waals surface area contributed by atoms with E-state index in [0.29, 0.717) is 17.8 Å². The predicted octanol–water partition coefficient (Wildman–Crippen LogP) is 3.35. The fourth-order valence-corrected chi connectivity index (χ4v) is 2.07. The number of aromatic nitrogens is 1. The lowest BCUT2D eigenvalue weighted by atomic mass is 10.1. The summed E-state index contributed by atoms with van der Waals surface area (Å²) in [4.78, 5) is 15.9. The van der Waals surface area contributed by atoms with Gasteiger partial charge in [0.05, 0.1) is 18.4 Å². The van der Waals surface area contributed by atoms with Gasteiger partial charge in [-0.2, -0.15) is 0 Å². The molecule has 4 heteroatoms. The van der Waals surface area contributed by atoms with Gasteiger partial charge in [0.2, 0.25) is 0 Å². The van der Waals surface area contributed by atoms with Crippen LogP contribution in [0, 0.1) is 6.92 Å². The van der Waals surface area contributed by atoms with E-state index in [2.05, 4.69) is 41.5 Å². The molecule has 0 fully saturated rings. The lowest BCUT2D eigenvalue weighted by Crippen LogP contribution is -2.08. The zero-order chi connectivity index (χ0) is 15.2. The summed E-state index contributed by atoms with van der Waals surface area (Å²) in [7, 11) is 1.37. The number of rotatable bonds is 5. The monoisotopic (exact) mass is 284 g/mol. The van der Waals surface area contributed by atoms with Gasteiger partial charge in [0.25, 0.3) is 0 Å². The number of benzene rings is 1. The highest BCUT2D eigenvalue weighted by Gasteiger charge is 2.10. The number of carbonyl (C=O) groups is 1. The topological polar surface area (TPSA) is 51.2 Å². The molecule has 0 radical (unpaired) electrons. The second-order valence-electron chi connectivity index (χ2n) is 4.84. The molecule has 0 unspecified atom stereocenters. The van der Waals surface area contributed by atoms with E-state index in [4.69, 9.17) is 4.74 Å². The molecule has 0 amide bonds. The maximum atomic E-state index is 11.5. The third-order valence-corrected chi connectivity index (χ3v) is 3.40. The third-order valence-electron chi connectivity index (χ3n) is 3.40. The minimum atomic E-state index is -0.360. The Morgan fingerprint density at radius 1 is 1.14 bits per heavy atom. The van der Waals surface area contributed by atoms with Crippen molar-refractivity contribution >= 4 is 11.8 Å². The van der Waals surface area contributed by atoms with Crippen molar-refractivity contribution in [3.63, 3.8) is 0 Å². The van der Waals surface area contributed by atoms with E-state index >= 15 is 0 Å². The van der Waals surface area contributed by atoms with Gasteiger partial charge >= 0.3 is 5.97 Å². The molecule has 1 N–H and O–H groups in total. The van der Waals surface area contributed by atoms with Crippen LogP contribution >= 0.6 is 0 Å². The van der Waals surface area contributed by atoms with Crippen LogP contribution in [0.3, 0.4) is 0 Å². The number of esters is 1. The van der Waals surface area contributed by atoms with E-state index < -0.39 is 0 Å². The SMILES string of the molecule is CCc1ccc(CNc2ccc(C(=O)OC)c(C)n2)cc1. The van der Waals surface area contributed by atoms with E-state index in [9.17, 15) is 4.79 Å². The molecule has 1 heterocycles. The molecule has 110 valence electrons. The predicted molar refractivity (Wildman–Crippen MR) is 83.5 cm³/mol. The molecule has 0 saturated carbocycles. The molecule has 0 aliphatic rings. The van der Waals surface area contributed by atoms with Crippen LogP contribution in [0.15, 0.2) is 36.4 Å². The van der Waals surface area contributed by atoms with Crippen LogP contribution in [-0.4, -0.2) is 18.1 Å². The average molecular weight is 284 g/mol. The first-order chi connectivity index (χ1) is 10.1. The highest BCUT2D eigenvalue weighted by atomic mass is 16.5. The van der Waals surface area contributed by atoms with E-state index in [1.54, 1.807) is 19.1 Å². The highest BCUT2D eigenvalue weighted by molar-refractivity contribution is 5.90. The molecule has 0 aliphatic carbocycles. The zero-order valence-corrected chi connectivity index (χ0v) is 12.6. The van der Waals surface area contributed by atoms with Crippen molar-refractivity contribution in [1.82, 2.24) is 4.98 Å². The van der Waals surface area contributed by atoms with E-state index in [1.165, 1.54) is 18.2 Å². The van der Waals surface area contributed by atoms with E-state index in [0.717, 1.165) is 12.2 Å². The summed E-state index contributed by atoms with van der Waals surface area (Å²) in [6.45, 7) is 4.64. The molecule has 0 aliphatic heterocycles. The number of ether oxygens (including phenoxy) is 1. The molecule has 1 aromatic carbocycles. The van der Waals surface area contributed by atoms with Crippen molar-refractivity contribution < 1.29 is 9.53 Å². The standard InChI is InChI=1S/C17H20N2O2/c1-4-13-5-7-14(8-6-13)11-18-16-10-9-15(12(2)19-16)17(20)21-3/h5-10H,4,11H2,1-3H3,(H,18,19). The minimum absolute atomic E-state index is 0.360. The number of nitrogens with zero attached hydrogens (tertiary/aromatic N) is 1. The number of anilines is 1. The fraction of sp³-hybridized carbons (Fsp3) is 0.294. The number of hydrogen-bond acceptors (Lipinski definition) is 4. The second kappa shape index (κ2) is 6.88. The Morgan fingerprint density at radius 3 is 2.38 bits per heavy atom. The first kappa shape index (κ1) is 15.0. The summed E-state index contributed by atoms with van der Waals surface area (Å²) < 4.78 is 4.71. The van der Waals surface area contributed by atoms with Crippen LogP contribution in [0.4, 0.5) is 5.82 Å². The molecular formula is C17H20N2O2. The van der Waals surface area contributed by atoms with Gasteiger partial charge in [-0.05, 0) is 36.6 Å². The summed E-state index contributed by atoms with van der Waals surface area (Å²) in [5.74, 6) is 0.390. The summed E-state index contributed by atoms with van der Waals surface area (Å²) in [5.41, 5.74) is 3.68. The van der Waals surface area contributed by atoms with Crippen LogP contribution in [0.5, 0.6) is 0 Å². The van der Waals surface area contributed by atoms with Crippen molar-refractivity contribution in [2.75, 3.05) is 12.4 Å². The van der Waals surface area contributed by atoms with Gasteiger partial charge in [-0.1, -0.05) is 31.2 Å². The Bertz CT molecular complexity index is 621. The molecule has 0 saturated heterocycles. The molecule has 4 nitrogen and oxygen atoms in total. The number of methoxy groups -OCH3 is 1. The lowest BCUT2D eigenvalue weighted by molar-refractivity contribution is 0.0599. The Labute approximate surface area is 125 Å². The number of carbonyl (C=O) groups excluding carboxylic acids is 1. The minimum Gasteiger partial charge on any atom is -0.465 e. The first-order valence-electron chi connectivity index (χ1n) is 7.01. The van der Waals surface area contributed by atoms with Gasteiger partial charge in [0.1, 0.15) is 5.82 Å². The molecule has 2 rings (SSSR count). The van der Waals surface area contributed by atoms with E-state index in [1.807, 2.05) is 0 Å². The van der Waals surface area contributed by atoms with Crippen LogP contribution in [-0.2, 0) is 17.7 Å². The van der Waals surface area contributed by atoms with Crippen LogP contribution < -0.4 is 5.32 Å². The lowest BCUT2D eigenvalue weighted by Gasteiger charge is -2.09. The molecule has 0 bridgehead atoms. The Morgan fingerprint density at radius 2 is 1.81 bits per heavy atom. The van der Waals surface area contributed by atoms with E-state index in [-0.39, 0.29) is 5.97 Å². The number of nitrogens with one attached hydrogen (secondary N) is 1. The first-order valence-corrected chi connectivity index (χ1v) is 7.01. The molecule has 1 aromatic heterocycles. The van der Waals surface area contributed by atoms with Crippen molar-refractivity contribution in [2.45, 2.75) is 26.8 Å². The summed E-state index contributed by atoms with van der Waals surface area (Å²) in [6.07, 6.45) is 1.05. The average Bonchev–Trinajstić information content (AvgIpc) is 2.52. The summed E-state index contributed by atoms with van der Waals surface area (Å²) >= 11 is 0. The number of pyridine rings is 1. The number of hydrogen-bond donors (Lipinski definition) is 1. The number of aryl methyl sites for hydroxylation is 2. The molecular weight excluding hydrogens is 264 g/mol. The van der Waals surface area contributed by atoms with Crippen molar-refractivity contribution in [1.29, 1.82) is 0 Å². The maximum Gasteiger partial charge on any atom is 0.339 e. The fourth-order valence-electron chi connectivity index (χ4n) is 2.07. The smallest absolute Gasteiger partial charge is 0.339 e. The highest BCUT2D eigenvalue weighted by Crippen LogP contribution is 2.13. The Hall–Kier alpha value is -2.36. The molecule has 0 spiro atoms. The van der Waals surface area contributed by atoms with Crippen LogP contribution in [0.2, 0.25) is 0 Å². The van der Waals surface area contributed by atoms with Gasteiger partial charge in [-0.25, -0.2) is 9.78 Å². The molecule has 2 aromatic rings. The summed E-state index contributed by atoms with van der Waals surface area (Å²) in [5, 5.41) is 3.26. The van der Waals surface area contributed by atoms with Crippen LogP contribution in [0.25, 0.3) is 0 Å². The quantitative estimate of drug-likeness (QED) is 0.855. The maximum absolute atomic E-state index is 11.5. The van der Waals surface area contributed by atoms with Crippen molar-refractivity contribution in [3.8, 4) is 0 Å². The summed E-state index contributed by atoms with van der Waals surface area (Å²) in [6, 6.07) is 12.0. The third kappa shape index (κ3) is 3.81. The van der Waals surface area contributed by atoms with Gasteiger partial charge in [0.15, 0.2) is 0 Å². The largest absolute Gasteiger partial charge is 0.465 e. The van der Waals surface area contributed by atoms with Crippen LogP contribution in [0.1, 0.15) is 34.1 Å². The van der Waals surface area contributed by atoms with Gasteiger partial charge < -0.3 is 10.1 Å². The Balaban J connectivity index is 2.03. The molecule has 0 atom stereocenters. The van der Waals surface area contributed by atoms with Gasteiger partial charge in [-0.15, -0.1) is 0 Å². The zero-order valence-electron chi connectivity index (χ0n) is 12.6. The van der Waals surface area contributed by atoms with Crippen molar-refractivity contribution in [3.05, 3.63) is 58.8 Å². The molecule has 21 heavy (non-hydrogen) atoms. The normalized spacial score (nSPS) is 10.2. The van der Waals surface area contributed by atoms with Gasteiger partial charge in [0, 0.05) is 6.54 Å². The second-order valence-corrected chi connectivity index (χ2v) is 4.84. The van der Waals surface area contributed by atoms with Crippen molar-refractivity contribution in [2.24, 2.45) is 0 Å². The van der Waals surface area contributed by atoms with Gasteiger partial charge in [-0.3, -0.25) is 0 Å².